The van der Waals surface area contributed by atoms with Crippen molar-refractivity contribution < 1.29 is 4.79 Å². The molecule has 0 saturated carbocycles. The quantitative estimate of drug-likeness (QED) is 0.128. The molecule has 0 aliphatic heterocycles. The monoisotopic (exact) mass is 487 g/mol. The van der Waals surface area contributed by atoms with Crippen LogP contribution < -0.4 is 0 Å². The summed E-state index contributed by atoms with van der Waals surface area (Å²) in [6.45, 7) is 7.58. The first kappa shape index (κ1) is 27.6. The summed E-state index contributed by atoms with van der Waals surface area (Å²) in [6.07, 6.45) is 10.8. The number of hydrogen-bond acceptors (Lipinski definition) is 2. The molecule has 0 aliphatic rings. The fraction of sp³-hybridized carbons (Fsp3) is 0.483. The van der Waals surface area contributed by atoms with Crippen molar-refractivity contribution in [1.82, 2.24) is 4.90 Å². The van der Waals surface area contributed by atoms with Gasteiger partial charge in [-0.15, -0.1) is 12.4 Å². The molecular weight excluding hydrogens is 449 g/mol. The van der Waals surface area contributed by atoms with Crippen molar-refractivity contribution in [3.05, 3.63) is 59.1 Å². The van der Waals surface area contributed by atoms with Crippen molar-refractivity contribution in [1.29, 1.82) is 0 Å². The second-order valence-corrected chi connectivity index (χ2v) is 9.38. The average molecular weight is 489 g/mol. The topological polar surface area (TPSA) is 20.3 Å². The molecule has 3 rings (SSSR count). The van der Waals surface area contributed by atoms with E-state index in [9.17, 15) is 4.79 Å². The Morgan fingerprint density at radius 3 is 2.03 bits per heavy atom. The van der Waals surface area contributed by atoms with Crippen LogP contribution in [0.3, 0.4) is 0 Å². The minimum absolute atomic E-state index is 0. The number of nitrogens with zero attached hydrogens (tertiary/aromatic N) is 1. The van der Waals surface area contributed by atoms with Crippen molar-refractivity contribution in [2.75, 3.05) is 19.6 Å². The Bertz CT molecular complexity index is 1010. The van der Waals surface area contributed by atoms with Gasteiger partial charge in [0.1, 0.15) is 0 Å². The molecule has 0 saturated heterocycles. The SMILES string of the molecule is CCCCCCN(CCCCCC)CCC(=O)c1ccc2cc(Cl)c3ccccc3c2c1.Cl. The van der Waals surface area contributed by atoms with Crippen LogP contribution in [0.2, 0.25) is 5.02 Å². The van der Waals surface area contributed by atoms with Gasteiger partial charge in [0.05, 0.1) is 0 Å². The van der Waals surface area contributed by atoms with Crippen LogP contribution in [0.15, 0.2) is 48.5 Å². The Kier molecular flexibility index (Phi) is 12.2. The molecule has 0 atom stereocenters. The predicted octanol–water partition coefficient (Wildman–Crippen LogP) is 9.10. The van der Waals surface area contributed by atoms with Gasteiger partial charge in [0.25, 0.3) is 0 Å². The fourth-order valence-electron chi connectivity index (χ4n) is 4.49. The Morgan fingerprint density at radius 1 is 0.758 bits per heavy atom. The average Bonchev–Trinajstić information content (AvgIpc) is 2.82. The summed E-state index contributed by atoms with van der Waals surface area (Å²) >= 11 is 6.47. The third kappa shape index (κ3) is 7.98. The van der Waals surface area contributed by atoms with Crippen LogP contribution in [0, 0.1) is 0 Å². The molecule has 0 bridgehead atoms. The highest BCUT2D eigenvalue weighted by molar-refractivity contribution is 6.37. The molecule has 0 amide bonds. The molecule has 0 aromatic heterocycles. The highest BCUT2D eigenvalue weighted by Crippen LogP contribution is 2.32. The van der Waals surface area contributed by atoms with Crippen LogP contribution >= 0.6 is 24.0 Å². The lowest BCUT2D eigenvalue weighted by molar-refractivity contribution is 0.0963. The first-order valence-corrected chi connectivity index (χ1v) is 12.9. The molecule has 2 nitrogen and oxygen atoms in total. The Balaban J connectivity index is 0.00000385. The maximum Gasteiger partial charge on any atom is 0.164 e. The molecule has 0 radical (unpaired) electrons. The molecule has 0 unspecified atom stereocenters. The largest absolute Gasteiger partial charge is 0.303 e. The van der Waals surface area contributed by atoms with Gasteiger partial charge >= 0.3 is 0 Å². The van der Waals surface area contributed by atoms with E-state index in [1.54, 1.807) is 0 Å². The smallest absolute Gasteiger partial charge is 0.164 e. The standard InChI is InChI=1S/C29H38ClNO.ClH/c1-3-5-7-11-18-31(19-12-8-6-4-2)20-17-29(32)24-16-15-23-22-28(30)26-14-10-9-13-25(26)27(23)21-24;/h9-10,13-16,21-22H,3-8,11-12,17-20H2,1-2H3;1H. The van der Waals surface area contributed by atoms with Crippen LogP contribution in [-0.4, -0.2) is 30.3 Å². The van der Waals surface area contributed by atoms with Gasteiger partial charge in [-0.1, -0.05) is 100 Å². The van der Waals surface area contributed by atoms with Crippen molar-refractivity contribution in [2.45, 2.75) is 71.6 Å². The van der Waals surface area contributed by atoms with Gasteiger partial charge in [-0.2, -0.15) is 0 Å². The zero-order valence-electron chi connectivity index (χ0n) is 20.2. The van der Waals surface area contributed by atoms with Crippen molar-refractivity contribution in [2.24, 2.45) is 0 Å². The number of Topliss-reactive ketones (excluding diaryl/α,β-unsaturated/α-hetero) is 1. The highest BCUT2D eigenvalue weighted by Gasteiger charge is 2.12. The van der Waals surface area contributed by atoms with Gasteiger partial charge in [0, 0.05) is 28.9 Å². The molecule has 3 aromatic rings. The first-order chi connectivity index (χ1) is 15.6. The maximum absolute atomic E-state index is 13.1. The van der Waals surface area contributed by atoms with E-state index >= 15 is 0 Å². The second kappa shape index (κ2) is 14.6. The number of halogens is 2. The molecule has 4 heteroatoms. The molecule has 3 aromatic carbocycles. The normalized spacial score (nSPS) is 11.3. The minimum Gasteiger partial charge on any atom is -0.303 e. The minimum atomic E-state index is 0. The fourth-order valence-corrected chi connectivity index (χ4v) is 4.78. The molecule has 33 heavy (non-hydrogen) atoms. The van der Waals surface area contributed by atoms with E-state index in [-0.39, 0.29) is 18.2 Å². The number of unbranched alkanes of at least 4 members (excludes halogenated alkanes) is 6. The molecule has 0 aliphatic carbocycles. The lowest BCUT2D eigenvalue weighted by Crippen LogP contribution is -2.28. The zero-order chi connectivity index (χ0) is 22.8. The van der Waals surface area contributed by atoms with Crippen molar-refractivity contribution in [3.63, 3.8) is 0 Å². The maximum atomic E-state index is 13.1. The van der Waals surface area contributed by atoms with Crippen molar-refractivity contribution in [3.8, 4) is 0 Å². The molecule has 0 N–H and O–H groups in total. The number of fused-ring (bicyclic) bond motifs is 3. The lowest BCUT2D eigenvalue weighted by atomic mass is 9.98. The van der Waals surface area contributed by atoms with Crippen LogP contribution in [0.1, 0.15) is 82.0 Å². The number of benzene rings is 3. The van der Waals surface area contributed by atoms with E-state index in [0.717, 1.165) is 51.8 Å². The Labute approximate surface area is 211 Å². The summed E-state index contributed by atoms with van der Waals surface area (Å²) in [5, 5.41) is 5.09. The Morgan fingerprint density at radius 2 is 1.39 bits per heavy atom. The molecule has 180 valence electrons. The number of carbonyl (C=O) groups is 1. The van der Waals surface area contributed by atoms with Gasteiger partial charge in [-0.3, -0.25) is 4.79 Å². The van der Waals surface area contributed by atoms with E-state index in [4.69, 9.17) is 11.6 Å². The van der Waals surface area contributed by atoms with Crippen LogP contribution in [0.4, 0.5) is 0 Å². The third-order valence-corrected chi connectivity index (χ3v) is 6.76. The summed E-state index contributed by atoms with van der Waals surface area (Å²) in [6, 6.07) is 16.2. The molecular formula is C29H39Cl2NO. The van der Waals surface area contributed by atoms with Gasteiger partial charge < -0.3 is 4.90 Å². The van der Waals surface area contributed by atoms with Crippen molar-refractivity contribution >= 4 is 51.3 Å². The molecule has 0 heterocycles. The van der Waals surface area contributed by atoms with Gasteiger partial charge in [-0.25, -0.2) is 0 Å². The molecule has 0 fully saturated rings. The highest BCUT2D eigenvalue weighted by atomic mass is 35.5. The number of rotatable bonds is 14. The second-order valence-electron chi connectivity index (χ2n) is 8.98. The van der Waals surface area contributed by atoms with E-state index < -0.39 is 0 Å². The van der Waals surface area contributed by atoms with Gasteiger partial charge in [0.2, 0.25) is 0 Å². The van der Waals surface area contributed by atoms with Crippen LogP contribution in [0.5, 0.6) is 0 Å². The van der Waals surface area contributed by atoms with Gasteiger partial charge in [0.15, 0.2) is 5.78 Å². The third-order valence-electron chi connectivity index (χ3n) is 6.44. The number of carbonyl (C=O) groups excluding carboxylic acids is 1. The summed E-state index contributed by atoms with van der Waals surface area (Å²) in [5.74, 6) is 0.234. The van der Waals surface area contributed by atoms with Crippen LogP contribution in [-0.2, 0) is 0 Å². The van der Waals surface area contributed by atoms with E-state index in [0.29, 0.717) is 6.42 Å². The Hall–Kier alpha value is -1.61. The number of hydrogen-bond donors (Lipinski definition) is 0. The van der Waals surface area contributed by atoms with Gasteiger partial charge in [-0.05, 0) is 54.2 Å². The zero-order valence-corrected chi connectivity index (χ0v) is 21.8. The van der Waals surface area contributed by atoms with E-state index in [2.05, 4.69) is 30.9 Å². The summed E-state index contributed by atoms with van der Waals surface area (Å²) in [4.78, 5) is 15.6. The summed E-state index contributed by atoms with van der Waals surface area (Å²) in [5.41, 5.74) is 0.807. The van der Waals surface area contributed by atoms with E-state index in [1.165, 1.54) is 51.4 Å². The predicted molar refractivity (Wildman–Crippen MR) is 147 cm³/mol. The van der Waals surface area contributed by atoms with E-state index in [1.807, 2.05) is 36.4 Å². The lowest BCUT2D eigenvalue weighted by Gasteiger charge is -2.22. The first-order valence-electron chi connectivity index (χ1n) is 12.5. The number of ketones is 1. The summed E-state index contributed by atoms with van der Waals surface area (Å²) in [7, 11) is 0. The summed E-state index contributed by atoms with van der Waals surface area (Å²) < 4.78 is 0. The van der Waals surface area contributed by atoms with Crippen LogP contribution in [0.25, 0.3) is 21.5 Å². The molecule has 0 spiro atoms.